The van der Waals surface area contributed by atoms with Gasteiger partial charge in [0.15, 0.2) is 0 Å². The van der Waals surface area contributed by atoms with Crippen LogP contribution in [-0.2, 0) is 13.0 Å². The molecular weight excluding hydrogens is 266 g/mol. The highest BCUT2D eigenvalue weighted by molar-refractivity contribution is 5.75. The fraction of sp³-hybridized carbons (Fsp3) is 0.238. The normalized spacial score (nSPS) is 14.4. The number of hydrogen-bond donors (Lipinski definition) is 0. The van der Waals surface area contributed by atoms with Crippen LogP contribution in [0.15, 0.2) is 66.7 Å². The van der Waals surface area contributed by atoms with Gasteiger partial charge in [-0.2, -0.15) is 0 Å². The van der Waals surface area contributed by atoms with Gasteiger partial charge in [0.05, 0.1) is 0 Å². The number of rotatable bonds is 2. The van der Waals surface area contributed by atoms with Crippen LogP contribution < -0.4 is 0 Å². The fourth-order valence-corrected chi connectivity index (χ4v) is 3.57. The monoisotopic (exact) mass is 287 g/mol. The van der Waals surface area contributed by atoms with Gasteiger partial charge in [-0.3, -0.25) is 0 Å². The molecule has 0 amide bonds. The first-order valence-electron chi connectivity index (χ1n) is 8.27. The van der Waals surface area contributed by atoms with Crippen molar-refractivity contribution in [1.29, 1.82) is 0 Å². The van der Waals surface area contributed by atoms with E-state index >= 15 is 0 Å². The van der Waals surface area contributed by atoms with Crippen molar-refractivity contribution in [2.45, 2.75) is 32.2 Å². The number of hydrogen-bond acceptors (Lipinski definition) is 0. The van der Waals surface area contributed by atoms with Gasteiger partial charge in [0.25, 0.3) is 0 Å². The molecule has 0 radical (unpaired) electrons. The molecular formula is C21H21N. The van der Waals surface area contributed by atoms with Crippen LogP contribution in [0.1, 0.15) is 25.0 Å². The van der Waals surface area contributed by atoms with E-state index in [0.717, 1.165) is 6.54 Å². The lowest BCUT2D eigenvalue weighted by molar-refractivity contribution is 0.640. The minimum atomic E-state index is 1.15. The van der Waals surface area contributed by atoms with E-state index in [1.165, 1.54) is 53.8 Å². The predicted octanol–water partition coefficient (Wildman–Crippen LogP) is 5.55. The Morgan fingerprint density at radius 2 is 1.36 bits per heavy atom. The van der Waals surface area contributed by atoms with Gasteiger partial charge < -0.3 is 4.57 Å². The largest absolute Gasteiger partial charge is 0.344 e. The summed E-state index contributed by atoms with van der Waals surface area (Å²) < 4.78 is 2.56. The number of benzene rings is 2. The van der Waals surface area contributed by atoms with Crippen molar-refractivity contribution in [3.05, 3.63) is 72.4 Å². The lowest BCUT2D eigenvalue weighted by Crippen LogP contribution is -2.02. The Labute approximate surface area is 132 Å². The van der Waals surface area contributed by atoms with Crippen LogP contribution in [0.25, 0.3) is 22.4 Å². The minimum Gasteiger partial charge on any atom is -0.344 e. The molecule has 2 aromatic carbocycles. The van der Waals surface area contributed by atoms with Crippen molar-refractivity contribution < 1.29 is 0 Å². The van der Waals surface area contributed by atoms with Crippen LogP contribution >= 0.6 is 0 Å². The number of fused-ring (bicyclic) bond motifs is 1. The average molecular weight is 287 g/mol. The maximum atomic E-state index is 2.56. The van der Waals surface area contributed by atoms with Crippen molar-refractivity contribution >= 4 is 0 Å². The van der Waals surface area contributed by atoms with E-state index in [9.17, 15) is 0 Å². The van der Waals surface area contributed by atoms with Gasteiger partial charge in [0, 0.05) is 23.5 Å². The Hall–Kier alpha value is -2.28. The molecule has 0 spiro atoms. The second kappa shape index (κ2) is 5.84. The third kappa shape index (κ3) is 2.37. The van der Waals surface area contributed by atoms with E-state index in [1.807, 2.05) is 0 Å². The zero-order valence-corrected chi connectivity index (χ0v) is 12.8. The second-order valence-electron chi connectivity index (χ2n) is 6.08. The predicted molar refractivity (Wildman–Crippen MR) is 92.9 cm³/mol. The third-order valence-electron chi connectivity index (χ3n) is 4.66. The SMILES string of the molecule is c1ccc(-c2cc(-c3ccccc3)n3c2CCCCC3)cc1. The molecule has 0 saturated carbocycles. The van der Waals surface area contributed by atoms with Crippen LogP contribution in [0.4, 0.5) is 0 Å². The maximum Gasteiger partial charge on any atom is 0.0488 e. The molecule has 1 aliphatic heterocycles. The van der Waals surface area contributed by atoms with E-state index in [4.69, 9.17) is 0 Å². The highest BCUT2D eigenvalue weighted by Gasteiger charge is 2.18. The van der Waals surface area contributed by atoms with Gasteiger partial charge in [0.2, 0.25) is 0 Å². The smallest absolute Gasteiger partial charge is 0.0488 e. The highest BCUT2D eigenvalue weighted by atomic mass is 15.0. The van der Waals surface area contributed by atoms with Gasteiger partial charge in [-0.25, -0.2) is 0 Å². The molecule has 0 fully saturated rings. The van der Waals surface area contributed by atoms with Crippen molar-refractivity contribution in [3.8, 4) is 22.4 Å². The van der Waals surface area contributed by atoms with E-state index in [2.05, 4.69) is 71.3 Å². The van der Waals surface area contributed by atoms with Crippen molar-refractivity contribution in [3.63, 3.8) is 0 Å². The quantitative estimate of drug-likeness (QED) is 0.582. The maximum absolute atomic E-state index is 2.56. The summed E-state index contributed by atoms with van der Waals surface area (Å²) in [5.74, 6) is 0. The Balaban J connectivity index is 1.91. The summed E-state index contributed by atoms with van der Waals surface area (Å²) in [5, 5.41) is 0. The molecule has 4 rings (SSSR count). The first-order chi connectivity index (χ1) is 10.9. The van der Waals surface area contributed by atoms with Crippen LogP contribution in [0.5, 0.6) is 0 Å². The Kier molecular flexibility index (Phi) is 3.56. The Bertz CT molecular complexity index is 689. The fourth-order valence-electron chi connectivity index (χ4n) is 3.57. The standard InChI is InChI=1S/C21H21N/c1-4-10-17(11-5-1)19-16-21(18-12-6-2-7-13-18)22-15-9-3-8-14-20(19)22/h1-2,4-7,10-13,16H,3,8-9,14-15H2. The molecule has 0 N–H and O–H groups in total. The molecule has 1 heteroatoms. The van der Waals surface area contributed by atoms with Crippen LogP contribution in [0.2, 0.25) is 0 Å². The molecule has 2 heterocycles. The molecule has 1 aromatic heterocycles. The topological polar surface area (TPSA) is 4.93 Å². The molecule has 0 aliphatic carbocycles. The highest BCUT2D eigenvalue weighted by Crippen LogP contribution is 2.35. The average Bonchev–Trinajstić information content (AvgIpc) is 2.78. The Morgan fingerprint density at radius 3 is 2.09 bits per heavy atom. The van der Waals surface area contributed by atoms with Gasteiger partial charge in [-0.15, -0.1) is 0 Å². The summed E-state index contributed by atoms with van der Waals surface area (Å²) in [5.41, 5.74) is 6.98. The number of nitrogens with zero attached hydrogens (tertiary/aromatic N) is 1. The second-order valence-corrected chi connectivity index (χ2v) is 6.08. The molecule has 3 aromatic rings. The van der Waals surface area contributed by atoms with E-state index in [1.54, 1.807) is 0 Å². The third-order valence-corrected chi connectivity index (χ3v) is 4.66. The zero-order valence-electron chi connectivity index (χ0n) is 12.8. The molecule has 0 saturated heterocycles. The zero-order chi connectivity index (χ0) is 14.8. The lowest BCUT2D eigenvalue weighted by atomic mass is 10.0. The van der Waals surface area contributed by atoms with Gasteiger partial charge >= 0.3 is 0 Å². The molecule has 1 aliphatic rings. The summed E-state index contributed by atoms with van der Waals surface area (Å²) in [7, 11) is 0. The first-order valence-corrected chi connectivity index (χ1v) is 8.27. The molecule has 0 atom stereocenters. The van der Waals surface area contributed by atoms with Crippen LogP contribution in [-0.4, -0.2) is 4.57 Å². The van der Waals surface area contributed by atoms with Crippen LogP contribution in [0, 0.1) is 0 Å². The summed E-state index contributed by atoms with van der Waals surface area (Å²) in [4.78, 5) is 0. The van der Waals surface area contributed by atoms with E-state index in [0.29, 0.717) is 0 Å². The lowest BCUT2D eigenvalue weighted by Gasteiger charge is -2.11. The van der Waals surface area contributed by atoms with E-state index in [-0.39, 0.29) is 0 Å². The summed E-state index contributed by atoms with van der Waals surface area (Å²) in [6.45, 7) is 1.15. The van der Waals surface area contributed by atoms with Crippen molar-refractivity contribution in [2.75, 3.05) is 0 Å². The molecule has 1 nitrogen and oxygen atoms in total. The summed E-state index contributed by atoms with van der Waals surface area (Å²) in [6.07, 6.45) is 5.12. The van der Waals surface area contributed by atoms with Crippen LogP contribution in [0.3, 0.4) is 0 Å². The molecule has 0 bridgehead atoms. The minimum absolute atomic E-state index is 1.15. The molecule has 22 heavy (non-hydrogen) atoms. The van der Waals surface area contributed by atoms with Crippen molar-refractivity contribution in [1.82, 2.24) is 4.57 Å². The molecule has 0 unspecified atom stereocenters. The van der Waals surface area contributed by atoms with Gasteiger partial charge in [-0.1, -0.05) is 67.1 Å². The Morgan fingerprint density at radius 1 is 0.682 bits per heavy atom. The van der Waals surface area contributed by atoms with Gasteiger partial charge in [-0.05, 0) is 36.5 Å². The summed E-state index contributed by atoms with van der Waals surface area (Å²) in [6, 6.07) is 24.0. The molecule has 110 valence electrons. The van der Waals surface area contributed by atoms with E-state index < -0.39 is 0 Å². The summed E-state index contributed by atoms with van der Waals surface area (Å²) >= 11 is 0. The van der Waals surface area contributed by atoms with Crippen molar-refractivity contribution in [2.24, 2.45) is 0 Å². The first kappa shape index (κ1) is 13.4. The van der Waals surface area contributed by atoms with Gasteiger partial charge in [0.1, 0.15) is 0 Å². The number of aromatic nitrogens is 1.